The van der Waals surface area contributed by atoms with Gasteiger partial charge < -0.3 is 10.8 Å². The number of hydrogen-bond acceptors (Lipinski definition) is 4. The Morgan fingerprint density at radius 3 is 3.15 bits per heavy atom. The van der Waals surface area contributed by atoms with E-state index in [4.69, 9.17) is 5.73 Å². The molecule has 0 aromatic carbocycles. The smallest absolute Gasteiger partial charge is 0.102 e. The molecule has 3 N–H and O–H groups in total. The number of rotatable bonds is 1. The first kappa shape index (κ1) is 9.12. The van der Waals surface area contributed by atoms with Gasteiger partial charge in [0, 0.05) is 12.2 Å². The highest BCUT2D eigenvalue weighted by atomic mass is 32.1. The van der Waals surface area contributed by atoms with Crippen LogP contribution in [-0.4, -0.2) is 15.5 Å². The standard InChI is InChI=1S/C9H14N2OS/c10-7-2-1-4-9(12,6-7)8-3-5-11-13-8/h3,5,7,12H,1-2,4,6,10H2. The van der Waals surface area contributed by atoms with Gasteiger partial charge in [-0.3, -0.25) is 0 Å². The molecule has 1 aliphatic rings. The Morgan fingerprint density at radius 2 is 2.54 bits per heavy atom. The van der Waals surface area contributed by atoms with Crippen molar-refractivity contribution in [3.8, 4) is 0 Å². The molecule has 1 saturated carbocycles. The van der Waals surface area contributed by atoms with E-state index in [1.807, 2.05) is 6.07 Å². The first-order valence-electron chi connectivity index (χ1n) is 4.60. The fourth-order valence-electron chi connectivity index (χ4n) is 1.97. The second-order valence-electron chi connectivity index (χ2n) is 3.76. The van der Waals surface area contributed by atoms with Crippen molar-refractivity contribution >= 4 is 11.5 Å². The largest absolute Gasteiger partial charge is 0.384 e. The van der Waals surface area contributed by atoms with Crippen LogP contribution in [0.25, 0.3) is 0 Å². The fraction of sp³-hybridized carbons (Fsp3) is 0.667. The van der Waals surface area contributed by atoms with Crippen LogP contribution in [0.2, 0.25) is 0 Å². The molecule has 0 spiro atoms. The van der Waals surface area contributed by atoms with Gasteiger partial charge >= 0.3 is 0 Å². The summed E-state index contributed by atoms with van der Waals surface area (Å²) in [6.07, 6.45) is 5.27. The number of nitrogens with two attached hydrogens (primary N) is 1. The van der Waals surface area contributed by atoms with Gasteiger partial charge in [-0.1, -0.05) is 0 Å². The third kappa shape index (κ3) is 1.75. The van der Waals surface area contributed by atoms with Crippen molar-refractivity contribution in [3.05, 3.63) is 17.1 Å². The molecule has 1 aliphatic carbocycles. The molecule has 72 valence electrons. The van der Waals surface area contributed by atoms with Crippen LogP contribution in [0.4, 0.5) is 0 Å². The van der Waals surface area contributed by atoms with Gasteiger partial charge in [0.25, 0.3) is 0 Å². The maximum absolute atomic E-state index is 10.3. The normalized spacial score (nSPS) is 34.8. The lowest BCUT2D eigenvalue weighted by Crippen LogP contribution is -2.38. The highest BCUT2D eigenvalue weighted by molar-refractivity contribution is 7.05. The van der Waals surface area contributed by atoms with Crippen LogP contribution in [0.1, 0.15) is 30.6 Å². The number of nitrogens with zero attached hydrogens (tertiary/aromatic N) is 1. The quantitative estimate of drug-likeness (QED) is 0.713. The molecule has 13 heavy (non-hydrogen) atoms. The highest BCUT2D eigenvalue weighted by Crippen LogP contribution is 2.37. The SMILES string of the molecule is NC1CCCC(O)(c2ccns2)C1. The molecule has 0 saturated heterocycles. The van der Waals surface area contributed by atoms with Crippen LogP contribution in [-0.2, 0) is 5.60 Å². The molecule has 1 fully saturated rings. The molecule has 0 amide bonds. The van der Waals surface area contributed by atoms with Gasteiger partial charge in [-0.25, -0.2) is 4.37 Å². The van der Waals surface area contributed by atoms with Crippen molar-refractivity contribution in [2.45, 2.75) is 37.3 Å². The molecular formula is C9H14N2OS. The lowest BCUT2D eigenvalue weighted by Gasteiger charge is -2.34. The van der Waals surface area contributed by atoms with Gasteiger partial charge in [0.1, 0.15) is 5.60 Å². The molecule has 1 aromatic heterocycles. The van der Waals surface area contributed by atoms with Gasteiger partial charge in [-0.05, 0) is 43.3 Å². The first-order chi connectivity index (χ1) is 6.21. The molecule has 0 radical (unpaired) electrons. The third-order valence-corrected chi connectivity index (χ3v) is 3.60. The topological polar surface area (TPSA) is 59.1 Å². The molecule has 3 nitrogen and oxygen atoms in total. The van der Waals surface area contributed by atoms with Gasteiger partial charge in [0.2, 0.25) is 0 Å². The average molecular weight is 198 g/mol. The summed E-state index contributed by atoms with van der Waals surface area (Å²) in [7, 11) is 0. The van der Waals surface area contributed by atoms with E-state index in [1.165, 1.54) is 11.5 Å². The van der Waals surface area contributed by atoms with Crippen LogP contribution >= 0.6 is 11.5 Å². The van der Waals surface area contributed by atoms with Crippen LogP contribution in [0, 0.1) is 0 Å². The van der Waals surface area contributed by atoms with Crippen LogP contribution in [0.5, 0.6) is 0 Å². The van der Waals surface area contributed by atoms with Gasteiger partial charge in [-0.2, -0.15) is 0 Å². The minimum atomic E-state index is -0.696. The summed E-state index contributed by atoms with van der Waals surface area (Å²) in [6, 6.07) is 2.03. The summed E-state index contributed by atoms with van der Waals surface area (Å²) >= 11 is 1.37. The Hall–Kier alpha value is -0.450. The molecule has 4 heteroatoms. The molecule has 2 unspecified atom stereocenters. The van der Waals surface area contributed by atoms with Gasteiger partial charge in [0.05, 0.1) is 4.88 Å². The van der Waals surface area contributed by atoms with E-state index < -0.39 is 5.60 Å². The maximum Gasteiger partial charge on any atom is 0.102 e. The monoisotopic (exact) mass is 198 g/mol. The predicted octanol–water partition coefficient (Wildman–Crippen LogP) is 1.23. The minimum absolute atomic E-state index is 0.140. The second kappa shape index (κ2) is 3.36. The van der Waals surface area contributed by atoms with E-state index in [1.54, 1.807) is 6.20 Å². The summed E-state index contributed by atoms with van der Waals surface area (Å²) in [6.45, 7) is 0. The summed E-state index contributed by atoms with van der Waals surface area (Å²) in [5, 5.41) is 10.3. The zero-order valence-corrected chi connectivity index (χ0v) is 8.26. The van der Waals surface area contributed by atoms with Crippen LogP contribution in [0.15, 0.2) is 12.3 Å². The van der Waals surface area contributed by atoms with Gasteiger partial charge in [0.15, 0.2) is 0 Å². The first-order valence-corrected chi connectivity index (χ1v) is 5.37. The van der Waals surface area contributed by atoms with E-state index >= 15 is 0 Å². The number of aromatic nitrogens is 1. The van der Waals surface area contributed by atoms with E-state index in [0.717, 1.165) is 24.1 Å². The Labute approximate surface area is 81.8 Å². The van der Waals surface area contributed by atoms with Crippen molar-refractivity contribution < 1.29 is 5.11 Å². The molecule has 0 bridgehead atoms. The lowest BCUT2D eigenvalue weighted by molar-refractivity contribution is -0.00380. The average Bonchev–Trinajstić information content (AvgIpc) is 2.55. The summed E-state index contributed by atoms with van der Waals surface area (Å²) < 4.78 is 4.01. The molecule has 1 aromatic rings. The summed E-state index contributed by atoms with van der Waals surface area (Å²) in [5.41, 5.74) is 5.15. The maximum atomic E-state index is 10.3. The Morgan fingerprint density at radius 1 is 1.69 bits per heavy atom. The molecule has 1 heterocycles. The van der Waals surface area contributed by atoms with E-state index in [0.29, 0.717) is 6.42 Å². The van der Waals surface area contributed by atoms with Crippen molar-refractivity contribution in [1.29, 1.82) is 0 Å². The van der Waals surface area contributed by atoms with Crippen molar-refractivity contribution in [2.75, 3.05) is 0 Å². The van der Waals surface area contributed by atoms with Crippen molar-refractivity contribution in [2.24, 2.45) is 5.73 Å². The summed E-state index contributed by atoms with van der Waals surface area (Å²) in [4.78, 5) is 0.961. The minimum Gasteiger partial charge on any atom is -0.384 e. The number of aliphatic hydroxyl groups is 1. The van der Waals surface area contributed by atoms with Crippen LogP contribution < -0.4 is 5.73 Å². The molecule has 0 aliphatic heterocycles. The lowest BCUT2D eigenvalue weighted by atomic mass is 9.81. The second-order valence-corrected chi connectivity index (χ2v) is 4.60. The Bertz CT molecular complexity index is 275. The Balaban J connectivity index is 2.20. The van der Waals surface area contributed by atoms with Crippen molar-refractivity contribution in [3.63, 3.8) is 0 Å². The zero-order valence-electron chi connectivity index (χ0n) is 7.44. The fourth-order valence-corrected chi connectivity index (χ4v) is 2.69. The summed E-state index contributed by atoms with van der Waals surface area (Å²) in [5.74, 6) is 0. The van der Waals surface area contributed by atoms with Crippen LogP contribution in [0.3, 0.4) is 0 Å². The highest BCUT2D eigenvalue weighted by Gasteiger charge is 2.35. The van der Waals surface area contributed by atoms with Gasteiger partial charge in [-0.15, -0.1) is 0 Å². The van der Waals surface area contributed by atoms with Crippen molar-refractivity contribution in [1.82, 2.24) is 4.37 Å². The van der Waals surface area contributed by atoms with E-state index in [2.05, 4.69) is 4.37 Å². The molecular weight excluding hydrogens is 184 g/mol. The predicted molar refractivity (Wildman–Crippen MR) is 52.5 cm³/mol. The molecule has 2 rings (SSSR count). The zero-order chi connectivity index (χ0) is 9.31. The van der Waals surface area contributed by atoms with E-state index in [-0.39, 0.29) is 6.04 Å². The Kier molecular flexibility index (Phi) is 2.36. The molecule has 2 atom stereocenters. The number of hydrogen-bond donors (Lipinski definition) is 2. The van der Waals surface area contributed by atoms with E-state index in [9.17, 15) is 5.11 Å². The third-order valence-electron chi connectivity index (χ3n) is 2.66.